The number of nitrogens with two attached hydrogens (primary N) is 1. The number of hydrogen-bond acceptors (Lipinski definition) is 5. The molecule has 1 aromatic carbocycles. The van der Waals surface area contributed by atoms with Gasteiger partial charge in [-0.15, -0.1) is 12.4 Å². The fourth-order valence-electron chi connectivity index (χ4n) is 2.47. The Morgan fingerprint density at radius 1 is 1.21 bits per heavy atom. The third-order valence-electron chi connectivity index (χ3n) is 3.88. The van der Waals surface area contributed by atoms with E-state index < -0.39 is 21.8 Å². The van der Waals surface area contributed by atoms with Crippen LogP contribution >= 0.6 is 12.4 Å². The first kappa shape index (κ1) is 20.6. The van der Waals surface area contributed by atoms with E-state index in [4.69, 9.17) is 5.73 Å². The first-order chi connectivity index (χ1) is 10.8. The Bertz CT molecular complexity index is 736. The minimum Gasteiger partial charge on any atom is -0.329 e. The topological polar surface area (TPSA) is 110 Å². The highest BCUT2D eigenvalue weighted by molar-refractivity contribution is 7.89. The zero-order valence-electron chi connectivity index (χ0n) is 13.6. The van der Waals surface area contributed by atoms with Gasteiger partial charge in [0.15, 0.2) is 0 Å². The second kappa shape index (κ2) is 8.06. The molecule has 2 amide bonds. The van der Waals surface area contributed by atoms with Crippen LogP contribution < -0.4 is 10.5 Å². The summed E-state index contributed by atoms with van der Waals surface area (Å²) in [5, 5.41) is 0. The fraction of sp³-hybridized carbons (Fsp3) is 0.467. The van der Waals surface area contributed by atoms with Gasteiger partial charge >= 0.3 is 0 Å². The molecule has 1 heterocycles. The van der Waals surface area contributed by atoms with Crippen LogP contribution in [0.4, 0.5) is 0 Å². The van der Waals surface area contributed by atoms with Gasteiger partial charge in [0.1, 0.15) is 0 Å². The second-order valence-corrected chi connectivity index (χ2v) is 7.29. The molecule has 0 saturated heterocycles. The zero-order valence-corrected chi connectivity index (χ0v) is 15.2. The summed E-state index contributed by atoms with van der Waals surface area (Å²) < 4.78 is 27.5. The summed E-state index contributed by atoms with van der Waals surface area (Å²) in [5.74, 6) is -0.923. The first-order valence-corrected chi connectivity index (χ1v) is 8.99. The first-order valence-electron chi connectivity index (χ1n) is 7.50. The molecular weight excluding hydrogens is 354 g/mol. The van der Waals surface area contributed by atoms with Gasteiger partial charge in [0.2, 0.25) is 10.0 Å². The maximum atomic E-state index is 12.5. The van der Waals surface area contributed by atoms with Crippen molar-refractivity contribution in [2.75, 3.05) is 13.6 Å². The monoisotopic (exact) mass is 375 g/mol. The number of rotatable bonds is 7. The van der Waals surface area contributed by atoms with E-state index in [1.807, 2.05) is 6.92 Å². The third-order valence-corrected chi connectivity index (χ3v) is 5.40. The lowest BCUT2D eigenvalue weighted by Gasteiger charge is -2.16. The van der Waals surface area contributed by atoms with Crippen molar-refractivity contribution < 1.29 is 18.0 Å². The Morgan fingerprint density at radius 2 is 1.83 bits per heavy atom. The van der Waals surface area contributed by atoms with Crippen molar-refractivity contribution in [2.45, 2.75) is 37.1 Å². The van der Waals surface area contributed by atoms with Crippen LogP contribution in [0.3, 0.4) is 0 Å². The van der Waals surface area contributed by atoms with Gasteiger partial charge in [-0.25, -0.2) is 13.1 Å². The Hall–Kier alpha value is -1.48. The van der Waals surface area contributed by atoms with Crippen molar-refractivity contribution in [2.24, 2.45) is 5.73 Å². The Kier molecular flexibility index (Phi) is 6.91. The predicted octanol–water partition coefficient (Wildman–Crippen LogP) is 1.13. The number of imide groups is 1. The van der Waals surface area contributed by atoms with E-state index in [9.17, 15) is 18.0 Å². The van der Waals surface area contributed by atoms with Gasteiger partial charge < -0.3 is 5.73 Å². The van der Waals surface area contributed by atoms with Crippen molar-refractivity contribution >= 4 is 34.2 Å². The molecule has 134 valence electrons. The van der Waals surface area contributed by atoms with E-state index >= 15 is 0 Å². The number of carbonyl (C=O) groups is 2. The Morgan fingerprint density at radius 3 is 2.42 bits per heavy atom. The highest BCUT2D eigenvalue weighted by Crippen LogP contribution is 2.24. The largest absolute Gasteiger partial charge is 0.329 e. The molecule has 0 saturated carbocycles. The van der Waals surface area contributed by atoms with E-state index in [2.05, 4.69) is 4.72 Å². The van der Waals surface area contributed by atoms with Crippen LogP contribution in [0.5, 0.6) is 0 Å². The summed E-state index contributed by atoms with van der Waals surface area (Å²) in [4.78, 5) is 24.7. The summed E-state index contributed by atoms with van der Waals surface area (Å²) in [7, 11) is -2.43. The molecule has 2 rings (SSSR count). The molecule has 0 radical (unpaired) electrons. The van der Waals surface area contributed by atoms with E-state index in [-0.39, 0.29) is 41.0 Å². The number of nitrogens with one attached hydrogen (secondary N) is 1. The van der Waals surface area contributed by atoms with Crippen LogP contribution in [0.1, 0.15) is 46.9 Å². The summed E-state index contributed by atoms with van der Waals surface area (Å²) in [6.07, 6.45) is 2.46. The highest BCUT2D eigenvalue weighted by atomic mass is 35.5. The Balaban J connectivity index is 0.00000288. The number of fused-ring (bicyclic) bond motifs is 1. The summed E-state index contributed by atoms with van der Waals surface area (Å²) in [6.45, 7) is 2.21. The van der Waals surface area contributed by atoms with Crippen LogP contribution in [0.2, 0.25) is 0 Å². The van der Waals surface area contributed by atoms with Gasteiger partial charge in [-0.3, -0.25) is 14.5 Å². The average Bonchev–Trinajstić information content (AvgIpc) is 2.75. The molecule has 1 aliphatic heterocycles. The summed E-state index contributed by atoms with van der Waals surface area (Å²) >= 11 is 0. The molecule has 1 aromatic rings. The molecule has 9 heteroatoms. The minimum absolute atomic E-state index is 0. The lowest BCUT2D eigenvalue weighted by Crippen LogP contribution is -2.40. The number of carbonyl (C=O) groups excluding carboxylic acids is 2. The lowest BCUT2D eigenvalue weighted by atomic mass is 10.1. The standard InChI is InChI=1S/C15H21N3O4S.ClH/c1-3-4-5-10(9-16)17-23(21,22)11-6-7-12-13(8-11)15(20)18(2)14(12)19;/h6-8,10,17H,3-5,9,16H2,1-2H3;1H. The number of nitrogens with zero attached hydrogens (tertiary/aromatic N) is 1. The second-order valence-electron chi connectivity index (χ2n) is 5.57. The molecule has 7 nitrogen and oxygen atoms in total. The third kappa shape index (κ3) is 3.94. The highest BCUT2D eigenvalue weighted by Gasteiger charge is 2.34. The quantitative estimate of drug-likeness (QED) is 0.694. The van der Waals surface area contributed by atoms with Crippen LogP contribution in [-0.4, -0.2) is 44.8 Å². The van der Waals surface area contributed by atoms with E-state index in [0.717, 1.165) is 17.7 Å². The Labute approximate surface area is 148 Å². The van der Waals surface area contributed by atoms with Gasteiger partial charge in [0.05, 0.1) is 16.0 Å². The maximum Gasteiger partial charge on any atom is 0.261 e. The van der Waals surface area contributed by atoms with Gasteiger partial charge in [-0.2, -0.15) is 0 Å². The van der Waals surface area contributed by atoms with Crippen LogP contribution in [0.15, 0.2) is 23.1 Å². The average molecular weight is 376 g/mol. The summed E-state index contributed by atoms with van der Waals surface area (Å²) in [5.41, 5.74) is 5.94. The molecular formula is C15H22ClN3O4S. The van der Waals surface area contributed by atoms with Crippen molar-refractivity contribution in [1.29, 1.82) is 0 Å². The smallest absolute Gasteiger partial charge is 0.261 e. The molecule has 1 unspecified atom stereocenters. The predicted molar refractivity (Wildman–Crippen MR) is 92.8 cm³/mol. The van der Waals surface area contributed by atoms with Gasteiger partial charge in [-0.1, -0.05) is 19.8 Å². The zero-order chi connectivity index (χ0) is 17.2. The SMILES string of the molecule is CCCCC(CN)NS(=O)(=O)c1ccc2c(c1)C(=O)N(C)C2=O.Cl. The number of halogens is 1. The number of amides is 2. The normalized spacial score (nSPS) is 15.2. The molecule has 0 aliphatic carbocycles. The van der Waals surface area contributed by atoms with Crippen molar-refractivity contribution in [3.63, 3.8) is 0 Å². The van der Waals surface area contributed by atoms with Crippen molar-refractivity contribution in [3.05, 3.63) is 29.3 Å². The van der Waals surface area contributed by atoms with Crippen LogP contribution in [-0.2, 0) is 10.0 Å². The van der Waals surface area contributed by atoms with Crippen molar-refractivity contribution in [1.82, 2.24) is 9.62 Å². The van der Waals surface area contributed by atoms with Crippen molar-refractivity contribution in [3.8, 4) is 0 Å². The number of hydrogen-bond donors (Lipinski definition) is 2. The minimum atomic E-state index is -3.79. The number of unbranched alkanes of at least 4 members (excludes halogenated alkanes) is 1. The molecule has 0 fully saturated rings. The van der Waals surface area contributed by atoms with E-state index in [0.29, 0.717) is 6.42 Å². The van der Waals surface area contributed by atoms with E-state index in [1.165, 1.54) is 25.2 Å². The molecule has 1 atom stereocenters. The molecule has 1 aliphatic rings. The molecule has 0 bridgehead atoms. The van der Waals surface area contributed by atoms with Crippen LogP contribution in [0, 0.1) is 0 Å². The summed E-state index contributed by atoms with van der Waals surface area (Å²) in [6, 6.07) is 3.60. The number of benzene rings is 1. The fourth-order valence-corrected chi connectivity index (χ4v) is 3.78. The lowest BCUT2D eigenvalue weighted by molar-refractivity contribution is 0.0693. The van der Waals surface area contributed by atoms with Gasteiger partial charge in [-0.05, 0) is 24.6 Å². The molecule has 0 spiro atoms. The number of sulfonamides is 1. The molecule has 24 heavy (non-hydrogen) atoms. The maximum absolute atomic E-state index is 12.5. The van der Waals surface area contributed by atoms with Crippen LogP contribution in [0.25, 0.3) is 0 Å². The molecule has 3 N–H and O–H groups in total. The van der Waals surface area contributed by atoms with Gasteiger partial charge in [0, 0.05) is 19.6 Å². The van der Waals surface area contributed by atoms with E-state index in [1.54, 1.807) is 0 Å². The van der Waals surface area contributed by atoms with Gasteiger partial charge in [0.25, 0.3) is 11.8 Å². The molecule has 0 aromatic heterocycles.